The van der Waals surface area contributed by atoms with Gasteiger partial charge in [-0.15, -0.1) is 5.10 Å². The fourth-order valence-corrected chi connectivity index (χ4v) is 1.03. The van der Waals surface area contributed by atoms with E-state index in [1.165, 1.54) is 0 Å². The Kier molecular flexibility index (Phi) is 3.66. The zero-order chi connectivity index (χ0) is 8.81. The first-order valence-corrected chi connectivity index (χ1v) is 4.06. The number of aromatic nitrogens is 4. The first-order valence-electron chi connectivity index (χ1n) is 4.06. The van der Waals surface area contributed by atoms with Crippen LogP contribution in [-0.4, -0.2) is 33.9 Å². The zero-order valence-electron chi connectivity index (χ0n) is 7.47. The molecule has 68 valence electrons. The van der Waals surface area contributed by atoms with Gasteiger partial charge in [0.05, 0.1) is 6.04 Å². The third-order valence-electron chi connectivity index (χ3n) is 1.79. The van der Waals surface area contributed by atoms with Crippen molar-refractivity contribution in [1.82, 2.24) is 20.2 Å². The average molecular weight is 170 g/mol. The molecule has 0 radical (unpaired) electrons. The Balaban J connectivity index is 2.25. The summed E-state index contributed by atoms with van der Waals surface area (Å²) >= 11 is 0. The van der Waals surface area contributed by atoms with Crippen molar-refractivity contribution in [3.8, 4) is 0 Å². The summed E-state index contributed by atoms with van der Waals surface area (Å²) in [5, 5.41) is 11.0. The van der Waals surface area contributed by atoms with Crippen LogP contribution in [0.1, 0.15) is 25.8 Å². The van der Waals surface area contributed by atoms with Crippen molar-refractivity contribution >= 4 is 0 Å². The fourth-order valence-electron chi connectivity index (χ4n) is 1.03. The Morgan fingerprint density at radius 2 is 2.42 bits per heavy atom. The van der Waals surface area contributed by atoms with Crippen LogP contribution in [0.5, 0.6) is 0 Å². The summed E-state index contributed by atoms with van der Waals surface area (Å²) in [6.45, 7) is 2.89. The third kappa shape index (κ3) is 2.58. The summed E-state index contributed by atoms with van der Waals surface area (Å²) in [7, 11) is 1.71. The molecule has 5 nitrogen and oxygen atoms in total. The summed E-state index contributed by atoms with van der Waals surface area (Å²) in [5.74, 6) is 0. The Morgan fingerprint density at radius 1 is 1.58 bits per heavy atom. The summed E-state index contributed by atoms with van der Waals surface area (Å²) in [6.07, 6.45) is 3.72. The lowest BCUT2D eigenvalue weighted by molar-refractivity contribution is 0.187. The Hall–Kier alpha value is -0.970. The van der Waals surface area contributed by atoms with E-state index in [9.17, 15) is 0 Å². The van der Waals surface area contributed by atoms with Crippen LogP contribution in [0.4, 0.5) is 0 Å². The quantitative estimate of drug-likeness (QED) is 0.609. The number of hydrogen-bond acceptors (Lipinski definition) is 4. The van der Waals surface area contributed by atoms with Gasteiger partial charge in [-0.3, -0.25) is 0 Å². The Labute approximate surface area is 71.7 Å². The maximum atomic E-state index is 4.95. The van der Waals surface area contributed by atoms with Crippen LogP contribution in [0.3, 0.4) is 0 Å². The van der Waals surface area contributed by atoms with E-state index in [4.69, 9.17) is 4.74 Å². The van der Waals surface area contributed by atoms with E-state index in [0.717, 1.165) is 19.4 Å². The van der Waals surface area contributed by atoms with Gasteiger partial charge < -0.3 is 4.74 Å². The molecule has 0 bridgehead atoms. The molecule has 5 heteroatoms. The maximum absolute atomic E-state index is 4.95. The molecular formula is C7H14N4O. The summed E-state index contributed by atoms with van der Waals surface area (Å²) in [6, 6.07) is 0.357. The smallest absolute Gasteiger partial charge is 0.138 e. The van der Waals surface area contributed by atoms with Crippen molar-refractivity contribution in [2.24, 2.45) is 0 Å². The molecule has 1 atom stereocenters. The number of hydrogen-bond donors (Lipinski definition) is 0. The van der Waals surface area contributed by atoms with Crippen LogP contribution in [0.2, 0.25) is 0 Å². The van der Waals surface area contributed by atoms with E-state index in [0.29, 0.717) is 6.04 Å². The third-order valence-corrected chi connectivity index (χ3v) is 1.79. The van der Waals surface area contributed by atoms with Crippen molar-refractivity contribution in [3.63, 3.8) is 0 Å². The molecule has 1 heterocycles. The Bertz CT molecular complexity index is 199. The van der Waals surface area contributed by atoms with E-state index in [-0.39, 0.29) is 0 Å². The highest BCUT2D eigenvalue weighted by Gasteiger charge is 2.04. The maximum Gasteiger partial charge on any atom is 0.138 e. The predicted molar refractivity (Wildman–Crippen MR) is 43.6 cm³/mol. The largest absolute Gasteiger partial charge is 0.385 e. The molecule has 1 rings (SSSR count). The highest BCUT2D eigenvalue weighted by atomic mass is 16.5. The molecule has 0 aliphatic carbocycles. The van der Waals surface area contributed by atoms with Gasteiger partial charge in [-0.1, -0.05) is 0 Å². The number of tetrazole rings is 1. The van der Waals surface area contributed by atoms with E-state index < -0.39 is 0 Å². The van der Waals surface area contributed by atoms with Crippen molar-refractivity contribution < 1.29 is 4.74 Å². The number of methoxy groups -OCH3 is 1. The second kappa shape index (κ2) is 4.82. The molecule has 0 amide bonds. The highest BCUT2D eigenvalue weighted by Crippen LogP contribution is 2.09. The van der Waals surface area contributed by atoms with Crippen LogP contribution in [0.15, 0.2) is 6.33 Å². The predicted octanol–water partition coefficient (Wildman–Crippen LogP) is 0.661. The molecule has 0 aliphatic heterocycles. The van der Waals surface area contributed by atoms with Crippen LogP contribution >= 0.6 is 0 Å². The summed E-state index contributed by atoms with van der Waals surface area (Å²) in [5.41, 5.74) is 0. The molecule has 0 saturated heterocycles. The molecule has 0 fully saturated rings. The van der Waals surface area contributed by atoms with Gasteiger partial charge in [0.1, 0.15) is 6.33 Å². The van der Waals surface area contributed by atoms with Gasteiger partial charge >= 0.3 is 0 Å². The molecule has 1 unspecified atom stereocenters. The molecule has 12 heavy (non-hydrogen) atoms. The first-order chi connectivity index (χ1) is 5.84. The van der Waals surface area contributed by atoms with Gasteiger partial charge in [0.2, 0.25) is 0 Å². The van der Waals surface area contributed by atoms with E-state index in [1.807, 2.05) is 0 Å². The van der Waals surface area contributed by atoms with E-state index in [1.54, 1.807) is 18.1 Å². The molecular weight excluding hydrogens is 156 g/mol. The van der Waals surface area contributed by atoms with Crippen molar-refractivity contribution in [3.05, 3.63) is 6.33 Å². The van der Waals surface area contributed by atoms with Crippen LogP contribution in [-0.2, 0) is 4.74 Å². The molecule has 1 aromatic heterocycles. The van der Waals surface area contributed by atoms with Gasteiger partial charge in [-0.2, -0.15) is 0 Å². The van der Waals surface area contributed by atoms with Crippen molar-refractivity contribution in [2.75, 3.05) is 13.7 Å². The van der Waals surface area contributed by atoms with Crippen LogP contribution < -0.4 is 0 Å². The lowest BCUT2D eigenvalue weighted by Gasteiger charge is -2.08. The van der Waals surface area contributed by atoms with Crippen LogP contribution in [0, 0.1) is 0 Å². The highest BCUT2D eigenvalue weighted by molar-refractivity contribution is 4.59. The number of rotatable bonds is 5. The molecule has 0 aliphatic rings. The summed E-state index contributed by atoms with van der Waals surface area (Å²) < 4.78 is 6.71. The average Bonchev–Trinajstić information content (AvgIpc) is 2.56. The molecule has 0 N–H and O–H groups in total. The standard InChI is InChI=1S/C7H14N4O/c1-7(4-3-5-12-2)11-6-8-9-10-11/h6-7H,3-5H2,1-2H3. The summed E-state index contributed by atoms with van der Waals surface area (Å²) in [4.78, 5) is 0. The van der Waals surface area contributed by atoms with E-state index >= 15 is 0 Å². The van der Waals surface area contributed by atoms with Gasteiger partial charge in [0, 0.05) is 13.7 Å². The van der Waals surface area contributed by atoms with E-state index in [2.05, 4.69) is 22.4 Å². The lowest BCUT2D eigenvalue weighted by Crippen LogP contribution is -2.07. The first kappa shape index (κ1) is 9.12. The van der Waals surface area contributed by atoms with Gasteiger partial charge in [-0.05, 0) is 30.2 Å². The van der Waals surface area contributed by atoms with Crippen molar-refractivity contribution in [1.29, 1.82) is 0 Å². The minimum atomic E-state index is 0.357. The molecule has 0 spiro atoms. The number of nitrogens with zero attached hydrogens (tertiary/aromatic N) is 4. The van der Waals surface area contributed by atoms with Gasteiger partial charge in [0.15, 0.2) is 0 Å². The second-order valence-electron chi connectivity index (χ2n) is 2.77. The topological polar surface area (TPSA) is 52.8 Å². The normalized spacial score (nSPS) is 13.2. The minimum absolute atomic E-state index is 0.357. The fraction of sp³-hybridized carbons (Fsp3) is 0.857. The monoisotopic (exact) mass is 170 g/mol. The molecule has 1 aromatic rings. The Morgan fingerprint density at radius 3 is 3.00 bits per heavy atom. The van der Waals surface area contributed by atoms with Crippen LogP contribution in [0.25, 0.3) is 0 Å². The van der Waals surface area contributed by atoms with Gasteiger partial charge in [0.25, 0.3) is 0 Å². The zero-order valence-corrected chi connectivity index (χ0v) is 7.47. The SMILES string of the molecule is COCCCC(C)n1cnnn1. The molecule has 0 aromatic carbocycles. The number of ether oxygens (including phenoxy) is 1. The lowest BCUT2D eigenvalue weighted by atomic mass is 10.2. The van der Waals surface area contributed by atoms with Crippen molar-refractivity contribution in [2.45, 2.75) is 25.8 Å². The second-order valence-corrected chi connectivity index (χ2v) is 2.77. The minimum Gasteiger partial charge on any atom is -0.385 e. The van der Waals surface area contributed by atoms with Gasteiger partial charge in [-0.25, -0.2) is 4.68 Å². The molecule has 0 saturated carbocycles.